The quantitative estimate of drug-likeness (QED) is 0.780. The molecule has 0 aliphatic rings. The Morgan fingerprint density at radius 2 is 1.69 bits per heavy atom. The Kier molecular flexibility index (Phi) is 3.60. The van der Waals surface area contributed by atoms with Gasteiger partial charge in [0.05, 0.1) is 0 Å². The van der Waals surface area contributed by atoms with Crippen molar-refractivity contribution in [2.75, 3.05) is 0 Å². The molecule has 5 heteroatoms. The number of carboxylic acids is 1. The highest BCUT2D eigenvalue weighted by Gasteiger charge is 2.25. The summed E-state index contributed by atoms with van der Waals surface area (Å²) >= 11 is 3.32. The fraction of sp³-hybridized carbons (Fsp3) is 0.364. The minimum absolute atomic E-state index is 0.0440. The van der Waals surface area contributed by atoms with E-state index in [-0.39, 0.29) is 11.3 Å². The second-order valence-corrected chi connectivity index (χ2v) is 4.49. The maximum Gasteiger partial charge on any atom is 0.337 e. The zero-order chi connectivity index (χ0) is 12.6. The molecule has 0 radical (unpaired) electrons. The van der Waals surface area contributed by atoms with Crippen molar-refractivity contribution < 1.29 is 20.1 Å². The molecule has 1 rings (SSSR count). The molecule has 0 fully saturated rings. The van der Waals surface area contributed by atoms with E-state index in [2.05, 4.69) is 15.9 Å². The van der Waals surface area contributed by atoms with Gasteiger partial charge in [0.1, 0.15) is 5.75 Å². The Bertz CT molecular complexity index is 425. The van der Waals surface area contributed by atoms with E-state index in [9.17, 15) is 15.0 Å². The Morgan fingerprint density at radius 1 is 1.19 bits per heavy atom. The first-order valence-corrected chi connectivity index (χ1v) is 5.47. The van der Waals surface area contributed by atoms with E-state index in [0.717, 1.165) is 5.56 Å². The highest BCUT2D eigenvalue weighted by Crippen LogP contribution is 2.38. The van der Waals surface area contributed by atoms with Crippen LogP contribution in [0.1, 0.15) is 28.4 Å². The summed E-state index contributed by atoms with van der Waals surface area (Å²) in [6.45, 7) is 5.13. The summed E-state index contributed by atoms with van der Waals surface area (Å²) in [4.78, 5) is 10.7. The number of hydrogen-bond acceptors (Lipinski definition) is 3. The van der Waals surface area contributed by atoms with Gasteiger partial charge < -0.3 is 15.3 Å². The Hall–Kier alpha value is -1.07. The van der Waals surface area contributed by atoms with Crippen LogP contribution in [0.25, 0.3) is 0 Å². The number of carbonyl (C=O) groups is 1. The Balaban J connectivity index is 3.57. The van der Waals surface area contributed by atoms with E-state index in [1.807, 2.05) is 6.92 Å². The highest BCUT2D eigenvalue weighted by molar-refractivity contribution is 9.10. The summed E-state index contributed by atoms with van der Waals surface area (Å²) in [5.41, 5.74) is 1.97. The molecule has 0 saturated heterocycles. The molecule has 0 bridgehead atoms. The molecule has 0 aromatic heterocycles. The van der Waals surface area contributed by atoms with Gasteiger partial charge in [0.25, 0.3) is 0 Å². The Morgan fingerprint density at radius 3 is 2.12 bits per heavy atom. The molecule has 88 valence electrons. The van der Waals surface area contributed by atoms with Crippen LogP contribution in [0.4, 0.5) is 0 Å². The molecule has 0 spiro atoms. The summed E-state index contributed by atoms with van der Waals surface area (Å²) < 4.78 is 0.707. The van der Waals surface area contributed by atoms with E-state index in [1.54, 1.807) is 13.8 Å². The number of halogens is 1. The number of aliphatic hydroxyl groups excluding tert-OH is 1. The highest BCUT2D eigenvalue weighted by atomic mass is 79.9. The summed E-state index contributed by atoms with van der Waals surface area (Å²) in [5, 5.41) is 28.1. The van der Waals surface area contributed by atoms with Crippen molar-refractivity contribution >= 4 is 21.9 Å². The normalized spacial score (nSPS) is 12.6. The lowest BCUT2D eigenvalue weighted by molar-refractivity contribution is -0.147. The number of rotatable bonds is 2. The molecule has 0 aliphatic heterocycles. The van der Waals surface area contributed by atoms with Gasteiger partial charge in [-0.25, -0.2) is 4.79 Å². The Labute approximate surface area is 102 Å². The van der Waals surface area contributed by atoms with Gasteiger partial charge in [-0.1, -0.05) is 15.9 Å². The molecule has 0 amide bonds. The van der Waals surface area contributed by atoms with Crippen LogP contribution in [0.3, 0.4) is 0 Å². The van der Waals surface area contributed by atoms with Crippen LogP contribution >= 0.6 is 15.9 Å². The van der Waals surface area contributed by atoms with E-state index in [1.165, 1.54) is 0 Å². The van der Waals surface area contributed by atoms with E-state index in [4.69, 9.17) is 5.11 Å². The predicted octanol–water partition coefficient (Wildman–Crippen LogP) is 2.20. The number of hydrogen-bond donors (Lipinski definition) is 3. The second kappa shape index (κ2) is 4.43. The van der Waals surface area contributed by atoms with Crippen LogP contribution in [-0.4, -0.2) is 21.3 Å². The van der Waals surface area contributed by atoms with E-state index in [0.29, 0.717) is 15.6 Å². The van der Waals surface area contributed by atoms with Crippen LogP contribution in [-0.2, 0) is 4.79 Å². The third-order valence-electron chi connectivity index (χ3n) is 2.74. The van der Waals surface area contributed by atoms with E-state index < -0.39 is 12.1 Å². The lowest BCUT2D eigenvalue weighted by atomic mass is 9.95. The molecule has 0 aliphatic carbocycles. The first kappa shape index (κ1) is 13.0. The molecule has 1 aromatic rings. The van der Waals surface area contributed by atoms with Gasteiger partial charge in [0.2, 0.25) is 0 Å². The van der Waals surface area contributed by atoms with Crippen molar-refractivity contribution in [2.24, 2.45) is 0 Å². The fourth-order valence-electron chi connectivity index (χ4n) is 1.58. The molecule has 0 heterocycles. The lowest BCUT2D eigenvalue weighted by Crippen LogP contribution is -2.13. The average molecular weight is 289 g/mol. The second-order valence-electron chi connectivity index (χ2n) is 3.69. The van der Waals surface area contributed by atoms with Crippen LogP contribution in [0, 0.1) is 20.8 Å². The van der Waals surface area contributed by atoms with Gasteiger partial charge in [-0.2, -0.15) is 0 Å². The molecular weight excluding hydrogens is 276 g/mol. The summed E-state index contributed by atoms with van der Waals surface area (Å²) in [6.07, 6.45) is -1.71. The van der Waals surface area contributed by atoms with Gasteiger partial charge in [-0.15, -0.1) is 0 Å². The fourth-order valence-corrected chi connectivity index (χ4v) is 2.09. The number of aliphatic hydroxyl groups is 1. The molecule has 1 atom stereocenters. The number of aromatic hydroxyl groups is 1. The van der Waals surface area contributed by atoms with Crippen molar-refractivity contribution in [2.45, 2.75) is 26.9 Å². The summed E-state index contributed by atoms with van der Waals surface area (Å²) in [5.74, 6) is -1.54. The zero-order valence-corrected chi connectivity index (χ0v) is 10.8. The number of phenolic OH excluding ortho intramolecular Hbond substituents is 1. The predicted molar refractivity (Wildman–Crippen MR) is 62.6 cm³/mol. The SMILES string of the molecule is Cc1c(C)c(Br)c(C)c(C(O)C(=O)O)c1O. The van der Waals surface area contributed by atoms with Crippen LogP contribution in [0.15, 0.2) is 4.47 Å². The number of phenols is 1. The maximum atomic E-state index is 10.7. The molecule has 1 aromatic carbocycles. The molecule has 16 heavy (non-hydrogen) atoms. The topological polar surface area (TPSA) is 77.8 Å². The summed E-state index contributed by atoms with van der Waals surface area (Å²) in [7, 11) is 0. The molecule has 3 N–H and O–H groups in total. The standard InChI is InChI=1S/C11H13BrO4/c1-4-5(2)9(13)7(6(3)8(4)12)10(14)11(15)16/h10,13-14H,1-3H3,(H,15,16). The molecule has 0 saturated carbocycles. The number of benzene rings is 1. The van der Waals surface area contributed by atoms with Crippen molar-refractivity contribution in [1.82, 2.24) is 0 Å². The van der Waals surface area contributed by atoms with Gasteiger partial charge in [0.15, 0.2) is 6.10 Å². The minimum Gasteiger partial charge on any atom is -0.507 e. The lowest BCUT2D eigenvalue weighted by Gasteiger charge is -2.17. The summed E-state index contributed by atoms with van der Waals surface area (Å²) in [6, 6.07) is 0. The average Bonchev–Trinajstić information content (AvgIpc) is 2.23. The number of aliphatic carboxylic acids is 1. The van der Waals surface area contributed by atoms with Gasteiger partial charge in [-0.3, -0.25) is 0 Å². The van der Waals surface area contributed by atoms with Crippen molar-refractivity contribution in [3.05, 3.63) is 26.7 Å². The minimum atomic E-state index is -1.71. The monoisotopic (exact) mass is 288 g/mol. The van der Waals surface area contributed by atoms with Crippen molar-refractivity contribution in [3.8, 4) is 5.75 Å². The molecule has 1 unspecified atom stereocenters. The van der Waals surface area contributed by atoms with Crippen LogP contribution in [0.2, 0.25) is 0 Å². The number of carboxylic acid groups (broad SMARTS) is 1. The van der Waals surface area contributed by atoms with Crippen LogP contribution < -0.4 is 0 Å². The van der Waals surface area contributed by atoms with Gasteiger partial charge in [0, 0.05) is 10.0 Å². The van der Waals surface area contributed by atoms with Gasteiger partial charge in [-0.05, 0) is 37.5 Å². The van der Waals surface area contributed by atoms with Gasteiger partial charge >= 0.3 is 5.97 Å². The zero-order valence-electron chi connectivity index (χ0n) is 9.21. The third-order valence-corrected chi connectivity index (χ3v) is 3.93. The van der Waals surface area contributed by atoms with Crippen molar-refractivity contribution in [3.63, 3.8) is 0 Å². The largest absolute Gasteiger partial charge is 0.507 e. The molecular formula is C11H13BrO4. The first-order chi connectivity index (χ1) is 7.29. The van der Waals surface area contributed by atoms with E-state index >= 15 is 0 Å². The third kappa shape index (κ3) is 1.92. The first-order valence-electron chi connectivity index (χ1n) is 4.68. The maximum absolute atomic E-state index is 10.7. The van der Waals surface area contributed by atoms with Crippen LogP contribution in [0.5, 0.6) is 5.75 Å². The smallest absolute Gasteiger partial charge is 0.337 e. The van der Waals surface area contributed by atoms with Crippen molar-refractivity contribution in [1.29, 1.82) is 0 Å². The molecule has 4 nitrogen and oxygen atoms in total.